The van der Waals surface area contributed by atoms with Gasteiger partial charge in [0, 0.05) is 25.6 Å². The number of rotatable bonds is 7. The van der Waals surface area contributed by atoms with Gasteiger partial charge in [0.15, 0.2) is 0 Å². The Morgan fingerprint density at radius 1 is 1.38 bits per heavy atom. The van der Waals surface area contributed by atoms with Crippen LogP contribution in [0, 0.1) is 17.6 Å². The summed E-state index contributed by atoms with van der Waals surface area (Å²) in [5.41, 5.74) is -0.0681. The normalized spacial score (nSPS) is 17.2. The maximum Gasteiger partial charge on any atom is 0.329 e. The number of hydrogen-bond donors (Lipinski definition) is 2. The molecule has 130 valence electrons. The van der Waals surface area contributed by atoms with Crippen molar-refractivity contribution in [1.29, 1.82) is 0 Å². The molecule has 0 aliphatic carbocycles. The minimum atomic E-state index is -1.11. The van der Waals surface area contributed by atoms with Crippen molar-refractivity contribution in [2.45, 2.75) is 6.42 Å². The van der Waals surface area contributed by atoms with Crippen molar-refractivity contribution in [2.75, 3.05) is 31.2 Å². The third-order valence-corrected chi connectivity index (χ3v) is 3.47. The van der Waals surface area contributed by atoms with Crippen molar-refractivity contribution < 1.29 is 33.0 Å². The van der Waals surface area contributed by atoms with Crippen molar-refractivity contribution in [1.82, 2.24) is 5.32 Å². The van der Waals surface area contributed by atoms with Crippen LogP contribution in [0.5, 0.6) is 0 Å². The molecule has 1 unspecified atom stereocenters. The van der Waals surface area contributed by atoms with Crippen LogP contribution in [0.3, 0.4) is 0 Å². The molecule has 2 N–H and O–H groups in total. The topological polar surface area (TPSA) is 95.9 Å². The van der Waals surface area contributed by atoms with E-state index < -0.39 is 41.9 Å². The monoisotopic (exact) mass is 342 g/mol. The van der Waals surface area contributed by atoms with Crippen LogP contribution in [-0.4, -0.2) is 49.2 Å². The van der Waals surface area contributed by atoms with Gasteiger partial charge in [-0.15, -0.1) is 0 Å². The summed E-state index contributed by atoms with van der Waals surface area (Å²) in [4.78, 5) is 35.3. The van der Waals surface area contributed by atoms with Gasteiger partial charge in [0.25, 0.3) is 0 Å². The van der Waals surface area contributed by atoms with E-state index in [0.717, 1.165) is 17.0 Å². The predicted molar refractivity (Wildman–Crippen MR) is 78.3 cm³/mol. The number of carboxylic acid groups (broad SMARTS) is 1. The van der Waals surface area contributed by atoms with Gasteiger partial charge in [-0.2, -0.15) is 0 Å². The average molecular weight is 342 g/mol. The zero-order valence-corrected chi connectivity index (χ0v) is 12.6. The van der Waals surface area contributed by atoms with Crippen LogP contribution in [0.1, 0.15) is 6.42 Å². The number of ether oxygens (including phenoxy) is 1. The molecular formula is C15H16F2N2O5. The van der Waals surface area contributed by atoms with Crippen LogP contribution in [-0.2, 0) is 19.1 Å². The van der Waals surface area contributed by atoms with Crippen LogP contribution in [0.15, 0.2) is 18.2 Å². The summed E-state index contributed by atoms with van der Waals surface area (Å²) in [6, 6.07) is 2.87. The molecule has 1 saturated heterocycles. The van der Waals surface area contributed by atoms with Crippen molar-refractivity contribution in [2.24, 2.45) is 5.92 Å². The fraction of sp³-hybridized carbons (Fsp3) is 0.400. The second kappa shape index (κ2) is 7.82. The Morgan fingerprint density at radius 2 is 2.12 bits per heavy atom. The van der Waals surface area contributed by atoms with E-state index in [1.165, 1.54) is 0 Å². The SMILES string of the molecule is O=C(O)COCCNC(=O)C1CC(=O)N(c2ccc(F)cc2F)C1. The third-order valence-electron chi connectivity index (χ3n) is 3.47. The lowest BCUT2D eigenvalue weighted by molar-refractivity contribution is -0.142. The summed E-state index contributed by atoms with van der Waals surface area (Å²) < 4.78 is 31.5. The molecule has 0 spiro atoms. The quantitative estimate of drug-likeness (QED) is 0.705. The number of hydrogen-bond acceptors (Lipinski definition) is 4. The summed E-state index contributed by atoms with van der Waals surface area (Å²) >= 11 is 0. The molecule has 7 nitrogen and oxygen atoms in total. The maximum absolute atomic E-state index is 13.8. The Morgan fingerprint density at radius 3 is 2.79 bits per heavy atom. The highest BCUT2D eigenvalue weighted by Crippen LogP contribution is 2.27. The molecule has 1 aliphatic heterocycles. The fourth-order valence-corrected chi connectivity index (χ4v) is 2.37. The van der Waals surface area contributed by atoms with Crippen molar-refractivity contribution in [3.05, 3.63) is 29.8 Å². The molecule has 0 aromatic heterocycles. The zero-order valence-electron chi connectivity index (χ0n) is 12.6. The second-order valence-electron chi connectivity index (χ2n) is 5.24. The molecule has 2 rings (SSSR count). The van der Waals surface area contributed by atoms with Gasteiger partial charge < -0.3 is 20.1 Å². The lowest BCUT2D eigenvalue weighted by atomic mass is 10.1. The van der Waals surface area contributed by atoms with E-state index in [0.29, 0.717) is 6.07 Å². The fourth-order valence-electron chi connectivity index (χ4n) is 2.37. The summed E-state index contributed by atoms with van der Waals surface area (Å²) in [5.74, 6) is -4.23. The number of carboxylic acids is 1. The van der Waals surface area contributed by atoms with E-state index in [9.17, 15) is 23.2 Å². The number of carbonyl (C=O) groups is 3. The molecule has 0 bridgehead atoms. The number of nitrogens with one attached hydrogen (secondary N) is 1. The largest absolute Gasteiger partial charge is 0.480 e. The van der Waals surface area contributed by atoms with Crippen molar-refractivity contribution in [3.8, 4) is 0 Å². The first-order valence-corrected chi connectivity index (χ1v) is 7.21. The van der Waals surface area contributed by atoms with E-state index in [4.69, 9.17) is 9.84 Å². The molecule has 9 heteroatoms. The standard InChI is InChI=1S/C15H16F2N2O5/c16-10-1-2-12(11(17)6-10)19-7-9(5-13(19)20)15(23)18-3-4-24-8-14(21)22/h1-2,6,9H,3-5,7-8H2,(H,18,23)(H,21,22). The van der Waals surface area contributed by atoms with Gasteiger partial charge >= 0.3 is 5.97 Å². The van der Waals surface area contributed by atoms with Gasteiger partial charge in [0.05, 0.1) is 18.2 Å². The number of benzene rings is 1. The van der Waals surface area contributed by atoms with Crippen LogP contribution >= 0.6 is 0 Å². The van der Waals surface area contributed by atoms with Gasteiger partial charge in [-0.3, -0.25) is 9.59 Å². The number of nitrogens with zero attached hydrogens (tertiary/aromatic N) is 1. The molecule has 0 saturated carbocycles. The minimum absolute atomic E-state index is 0.0107. The van der Waals surface area contributed by atoms with Crippen molar-refractivity contribution >= 4 is 23.5 Å². The number of amides is 2. The molecule has 1 aromatic carbocycles. The number of aliphatic carboxylic acids is 1. The molecule has 1 atom stereocenters. The Bertz CT molecular complexity index is 653. The lowest BCUT2D eigenvalue weighted by Gasteiger charge is -2.17. The highest BCUT2D eigenvalue weighted by Gasteiger charge is 2.36. The van der Waals surface area contributed by atoms with Gasteiger partial charge in [-0.05, 0) is 12.1 Å². The Balaban J connectivity index is 1.87. The van der Waals surface area contributed by atoms with Crippen molar-refractivity contribution in [3.63, 3.8) is 0 Å². The van der Waals surface area contributed by atoms with Crippen LogP contribution in [0.25, 0.3) is 0 Å². The maximum atomic E-state index is 13.8. The first-order chi connectivity index (χ1) is 11.4. The first kappa shape index (κ1) is 17.8. The summed E-state index contributed by atoms with van der Waals surface area (Å²) in [6.07, 6.45) is -0.0847. The summed E-state index contributed by atoms with van der Waals surface area (Å²) in [7, 11) is 0. The van der Waals surface area contributed by atoms with Crippen LogP contribution < -0.4 is 10.2 Å². The minimum Gasteiger partial charge on any atom is -0.480 e. The zero-order chi connectivity index (χ0) is 17.7. The highest BCUT2D eigenvalue weighted by molar-refractivity contribution is 6.00. The summed E-state index contributed by atoms with van der Waals surface area (Å²) in [5, 5.41) is 10.9. The lowest BCUT2D eigenvalue weighted by Crippen LogP contribution is -2.35. The molecular weight excluding hydrogens is 326 g/mol. The highest BCUT2D eigenvalue weighted by atomic mass is 19.1. The van der Waals surface area contributed by atoms with Crippen LogP contribution in [0.2, 0.25) is 0 Å². The summed E-state index contributed by atoms with van der Waals surface area (Å²) in [6.45, 7) is -0.352. The Kier molecular flexibility index (Phi) is 5.80. The van der Waals surface area contributed by atoms with E-state index in [1.807, 2.05) is 0 Å². The molecule has 1 heterocycles. The molecule has 1 aliphatic rings. The van der Waals surface area contributed by atoms with Gasteiger partial charge in [0.2, 0.25) is 11.8 Å². The van der Waals surface area contributed by atoms with Gasteiger partial charge in [0.1, 0.15) is 18.2 Å². The van der Waals surface area contributed by atoms with E-state index in [-0.39, 0.29) is 31.8 Å². The smallest absolute Gasteiger partial charge is 0.329 e. The second-order valence-corrected chi connectivity index (χ2v) is 5.24. The molecule has 0 radical (unpaired) electrons. The Labute approximate surface area is 136 Å². The Hall–Kier alpha value is -2.55. The molecule has 1 fully saturated rings. The van der Waals surface area contributed by atoms with E-state index >= 15 is 0 Å². The molecule has 1 aromatic rings. The third kappa shape index (κ3) is 4.48. The first-order valence-electron chi connectivity index (χ1n) is 7.21. The average Bonchev–Trinajstić information content (AvgIpc) is 2.88. The number of halogens is 2. The number of carbonyl (C=O) groups excluding carboxylic acids is 2. The number of anilines is 1. The molecule has 24 heavy (non-hydrogen) atoms. The van der Waals surface area contributed by atoms with Crippen LogP contribution in [0.4, 0.5) is 14.5 Å². The molecule has 2 amide bonds. The van der Waals surface area contributed by atoms with E-state index in [2.05, 4.69) is 5.32 Å². The van der Waals surface area contributed by atoms with Gasteiger partial charge in [-0.1, -0.05) is 0 Å². The predicted octanol–water partition coefficient (Wildman–Crippen LogP) is 0.535. The van der Waals surface area contributed by atoms with Gasteiger partial charge in [-0.25, -0.2) is 13.6 Å². The van der Waals surface area contributed by atoms with E-state index in [1.54, 1.807) is 0 Å².